The van der Waals surface area contributed by atoms with E-state index < -0.39 is 0 Å². The van der Waals surface area contributed by atoms with Gasteiger partial charge in [0.1, 0.15) is 0 Å². The molecule has 1 N–H and O–H groups in total. The van der Waals surface area contributed by atoms with Crippen LogP contribution in [-0.2, 0) is 9.59 Å². The highest BCUT2D eigenvalue weighted by Gasteiger charge is 2.15. The Morgan fingerprint density at radius 3 is 2.29 bits per heavy atom. The molecule has 126 valence electrons. The SMILES string of the molecule is CN(CC(=O)Nc1c(Cl)cccc1Cl)C(=O)CSc1ccccc1. The van der Waals surface area contributed by atoms with Crippen molar-refractivity contribution in [1.82, 2.24) is 4.90 Å². The highest BCUT2D eigenvalue weighted by Crippen LogP contribution is 2.29. The summed E-state index contributed by atoms with van der Waals surface area (Å²) in [6.07, 6.45) is 0. The molecule has 0 saturated carbocycles. The molecule has 0 spiro atoms. The molecular formula is C17H16Cl2N2O2S. The first-order valence-electron chi connectivity index (χ1n) is 7.13. The van der Waals surface area contributed by atoms with E-state index in [1.165, 1.54) is 16.7 Å². The number of hydrogen-bond donors (Lipinski definition) is 1. The molecule has 0 aliphatic rings. The summed E-state index contributed by atoms with van der Waals surface area (Å²) in [5.41, 5.74) is 0.352. The third kappa shape index (κ3) is 5.44. The Hall–Kier alpha value is -1.69. The summed E-state index contributed by atoms with van der Waals surface area (Å²) in [5.74, 6) is -0.226. The van der Waals surface area contributed by atoms with Crippen LogP contribution in [-0.4, -0.2) is 36.1 Å². The lowest BCUT2D eigenvalue weighted by Crippen LogP contribution is -2.36. The number of carbonyl (C=O) groups is 2. The van der Waals surface area contributed by atoms with Crippen LogP contribution in [0.25, 0.3) is 0 Å². The molecule has 0 unspecified atom stereocenters. The highest BCUT2D eigenvalue weighted by atomic mass is 35.5. The van der Waals surface area contributed by atoms with E-state index in [4.69, 9.17) is 23.2 Å². The maximum Gasteiger partial charge on any atom is 0.244 e. The summed E-state index contributed by atoms with van der Waals surface area (Å²) in [7, 11) is 1.58. The first-order valence-corrected chi connectivity index (χ1v) is 8.87. The van der Waals surface area contributed by atoms with Gasteiger partial charge in [-0.1, -0.05) is 47.5 Å². The van der Waals surface area contributed by atoms with Crippen molar-refractivity contribution >= 4 is 52.5 Å². The van der Waals surface area contributed by atoms with Crippen LogP contribution >= 0.6 is 35.0 Å². The molecular weight excluding hydrogens is 367 g/mol. The molecule has 2 amide bonds. The summed E-state index contributed by atoms with van der Waals surface area (Å²) in [4.78, 5) is 26.6. The van der Waals surface area contributed by atoms with Crippen molar-refractivity contribution < 1.29 is 9.59 Å². The van der Waals surface area contributed by atoms with Crippen molar-refractivity contribution in [3.05, 3.63) is 58.6 Å². The van der Waals surface area contributed by atoms with Gasteiger partial charge in [-0.25, -0.2) is 0 Å². The molecule has 2 rings (SSSR count). The predicted molar refractivity (Wildman–Crippen MR) is 99.9 cm³/mol. The molecule has 7 heteroatoms. The summed E-state index contributed by atoms with van der Waals surface area (Å²) >= 11 is 13.4. The fourth-order valence-corrected chi connectivity index (χ4v) is 3.22. The van der Waals surface area contributed by atoms with Crippen LogP contribution in [0.15, 0.2) is 53.4 Å². The van der Waals surface area contributed by atoms with E-state index >= 15 is 0 Å². The van der Waals surface area contributed by atoms with E-state index in [1.54, 1.807) is 25.2 Å². The third-order valence-electron chi connectivity index (χ3n) is 3.14. The third-order valence-corrected chi connectivity index (χ3v) is 4.77. The van der Waals surface area contributed by atoms with Crippen molar-refractivity contribution in [3.8, 4) is 0 Å². The van der Waals surface area contributed by atoms with E-state index in [9.17, 15) is 9.59 Å². The van der Waals surface area contributed by atoms with Gasteiger partial charge in [0.25, 0.3) is 0 Å². The molecule has 0 saturated heterocycles. The van der Waals surface area contributed by atoms with Gasteiger partial charge in [0, 0.05) is 11.9 Å². The quantitative estimate of drug-likeness (QED) is 0.762. The Labute approximate surface area is 155 Å². The van der Waals surface area contributed by atoms with E-state index in [0.29, 0.717) is 15.7 Å². The number of amides is 2. The molecule has 0 bridgehead atoms. The van der Waals surface area contributed by atoms with Gasteiger partial charge < -0.3 is 10.2 Å². The van der Waals surface area contributed by atoms with Crippen LogP contribution in [0.4, 0.5) is 5.69 Å². The molecule has 0 aliphatic carbocycles. The number of halogens is 2. The number of hydrogen-bond acceptors (Lipinski definition) is 3. The fourth-order valence-electron chi connectivity index (χ4n) is 1.87. The number of nitrogens with one attached hydrogen (secondary N) is 1. The highest BCUT2D eigenvalue weighted by molar-refractivity contribution is 8.00. The van der Waals surface area contributed by atoms with E-state index in [-0.39, 0.29) is 24.1 Å². The van der Waals surface area contributed by atoms with Crippen molar-refractivity contribution in [2.45, 2.75) is 4.90 Å². The Bertz CT molecular complexity index is 706. The van der Waals surface area contributed by atoms with Crippen LogP contribution in [0.5, 0.6) is 0 Å². The van der Waals surface area contributed by atoms with Crippen molar-refractivity contribution in [2.24, 2.45) is 0 Å². The largest absolute Gasteiger partial charge is 0.336 e. The van der Waals surface area contributed by atoms with Gasteiger partial charge in [-0.05, 0) is 24.3 Å². The summed E-state index contributed by atoms with van der Waals surface area (Å²) < 4.78 is 0. The Kier molecular flexibility index (Phi) is 6.97. The number of likely N-dealkylation sites (N-methyl/N-ethyl adjacent to an activating group) is 1. The van der Waals surface area contributed by atoms with Crippen LogP contribution in [0, 0.1) is 0 Å². The summed E-state index contributed by atoms with van der Waals surface area (Å²) in [5, 5.41) is 3.34. The molecule has 4 nitrogen and oxygen atoms in total. The lowest BCUT2D eigenvalue weighted by Gasteiger charge is -2.17. The molecule has 24 heavy (non-hydrogen) atoms. The van der Waals surface area contributed by atoms with Crippen molar-refractivity contribution in [2.75, 3.05) is 24.7 Å². The van der Waals surface area contributed by atoms with Gasteiger partial charge in [-0.2, -0.15) is 0 Å². The minimum atomic E-state index is -0.356. The van der Waals surface area contributed by atoms with E-state index in [1.807, 2.05) is 30.3 Å². The first-order chi connectivity index (χ1) is 11.5. The average Bonchev–Trinajstić information content (AvgIpc) is 2.57. The second-order valence-electron chi connectivity index (χ2n) is 5.00. The minimum absolute atomic E-state index is 0.0737. The van der Waals surface area contributed by atoms with Crippen LogP contribution in [0.2, 0.25) is 10.0 Å². The minimum Gasteiger partial charge on any atom is -0.336 e. The number of thioether (sulfide) groups is 1. The topological polar surface area (TPSA) is 49.4 Å². The number of para-hydroxylation sites is 1. The lowest BCUT2D eigenvalue weighted by atomic mass is 10.3. The Balaban J connectivity index is 1.85. The second-order valence-corrected chi connectivity index (χ2v) is 6.86. The standard InChI is InChI=1S/C17H16Cl2N2O2S/c1-21(16(23)11-24-12-6-3-2-4-7-12)10-15(22)20-17-13(18)8-5-9-14(17)19/h2-9H,10-11H2,1H3,(H,20,22). The number of rotatable bonds is 6. The number of carbonyl (C=O) groups excluding carboxylic acids is 2. The average molecular weight is 383 g/mol. The van der Waals surface area contributed by atoms with Gasteiger partial charge in [-0.15, -0.1) is 11.8 Å². The number of anilines is 1. The van der Waals surface area contributed by atoms with Gasteiger partial charge in [-0.3, -0.25) is 9.59 Å². The normalized spacial score (nSPS) is 10.3. The zero-order chi connectivity index (χ0) is 17.5. The van der Waals surface area contributed by atoms with Crippen LogP contribution < -0.4 is 5.32 Å². The molecule has 0 heterocycles. The zero-order valence-corrected chi connectivity index (χ0v) is 15.3. The molecule has 0 aliphatic heterocycles. The van der Waals surface area contributed by atoms with E-state index in [0.717, 1.165) is 4.90 Å². The van der Waals surface area contributed by atoms with Gasteiger partial charge in [0.15, 0.2) is 0 Å². The van der Waals surface area contributed by atoms with Gasteiger partial charge >= 0.3 is 0 Å². The van der Waals surface area contributed by atoms with Gasteiger partial charge in [0.2, 0.25) is 11.8 Å². The number of nitrogens with zero attached hydrogens (tertiary/aromatic N) is 1. The molecule has 2 aromatic rings. The summed E-state index contributed by atoms with van der Waals surface area (Å²) in [6, 6.07) is 14.6. The Morgan fingerprint density at radius 1 is 1.04 bits per heavy atom. The maximum absolute atomic E-state index is 12.1. The summed E-state index contributed by atoms with van der Waals surface area (Å²) in [6.45, 7) is -0.0737. The van der Waals surface area contributed by atoms with E-state index in [2.05, 4.69) is 5.32 Å². The monoisotopic (exact) mass is 382 g/mol. The van der Waals surface area contributed by atoms with Gasteiger partial charge in [0.05, 0.1) is 28.0 Å². The lowest BCUT2D eigenvalue weighted by molar-refractivity contribution is -0.131. The second kappa shape index (κ2) is 8.97. The molecule has 0 aromatic heterocycles. The molecule has 0 fully saturated rings. The zero-order valence-electron chi connectivity index (χ0n) is 13.0. The van der Waals surface area contributed by atoms with Crippen LogP contribution in [0.1, 0.15) is 0 Å². The first kappa shape index (κ1) is 18.6. The van der Waals surface area contributed by atoms with Crippen LogP contribution in [0.3, 0.4) is 0 Å². The number of benzene rings is 2. The fraction of sp³-hybridized carbons (Fsp3) is 0.176. The van der Waals surface area contributed by atoms with Crippen molar-refractivity contribution in [3.63, 3.8) is 0 Å². The molecule has 0 atom stereocenters. The maximum atomic E-state index is 12.1. The predicted octanol–water partition coefficient (Wildman–Crippen LogP) is 4.18. The smallest absolute Gasteiger partial charge is 0.244 e. The Morgan fingerprint density at radius 2 is 1.67 bits per heavy atom. The van der Waals surface area contributed by atoms with Crippen molar-refractivity contribution in [1.29, 1.82) is 0 Å². The molecule has 2 aromatic carbocycles. The molecule has 0 radical (unpaired) electrons.